The molecule has 0 spiro atoms. The Bertz CT molecular complexity index is 349. The van der Waals surface area contributed by atoms with E-state index in [0.717, 1.165) is 6.07 Å². The van der Waals surface area contributed by atoms with Crippen LogP contribution in [0.25, 0.3) is 0 Å². The minimum absolute atomic E-state index is 0.0794. The molecule has 0 radical (unpaired) electrons. The number of rotatable bonds is 2. The first kappa shape index (κ1) is 14.0. The topological polar surface area (TPSA) is 141 Å². The number of carboxylic acid groups (broad SMARTS) is 1. The Balaban J connectivity index is 0.000000487. The van der Waals surface area contributed by atoms with E-state index < -0.39 is 18.2 Å². The summed E-state index contributed by atoms with van der Waals surface area (Å²) in [6.45, 7) is 0. The molecule has 1 aromatic carbocycles. The van der Waals surface area contributed by atoms with Crippen LogP contribution in [0.1, 0.15) is 10.4 Å². The average molecular weight is 229 g/mol. The maximum Gasteiger partial charge on any atom is 0.631 e. The van der Waals surface area contributed by atoms with Gasteiger partial charge in [-0.2, -0.15) is 0 Å². The molecule has 0 amide bonds. The fourth-order valence-corrected chi connectivity index (χ4v) is 0.753. The molecule has 16 heavy (non-hydrogen) atoms. The number of benzene rings is 1. The lowest BCUT2D eigenvalue weighted by atomic mass is 10.2. The molecule has 0 aliphatic rings. The summed E-state index contributed by atoms with van der Waals surface area (Å²) in [6, 6.07) is 4.89. The molecule has 0 bridgehead atoms. The van der Waals surface area contributed by atoms with Gasteiger partial charge in [-0.3, -0.25) is 10.1 Å². The Morgan fingerprint density at radius 1 is 1.31 bits per heavy atom. The van der Waals surface area contributed by atoms with Gasteiger partial charge in [0.1, 0.15) is 0 Å². The van der Waals surface area contributed by atoms with Gasteiger partial charge in [-0.25, -0.2) is 4.79 Å². The molecule has 9 heteroatoms. The quantitative estimate of drug-likeness (QED) is 0.296. The molecule has 0 aliphatic heterocycles. The van der Waals surface area contributed by atoms with Crippen LogP contribution in [0.3, 0.4) is 0 Å². The van der Waals surface area contributed by atoms with Crippen LogP contribution in [-0.2, 0) is 0 Å². The molecule has 0 saturated heterocycles. The van der Waals surface area contributed by atoms with Crippen molar-refractivity contribution in [3.63, 3.8) is 0 Å². The molecule has 86 valence electrons. The number of hydrogen-bond acceptors (Lipinski definition) is 6. The summed E-state index contributed by atoms with van der Waals surface area (Å²) in [5, 5.41) is 40.2. The highest BCUT2D eigenvalue weighted by Crippen LogP contribution is 2.12. The minimum atomic E-state index is -2.17. The molecule has 0 aromatic heterocycles. The molecule has 1 aromatic rings. The van der Waals surface area contributed by atoms with Gasteiger partial charge in [0.2, 0.25) is 0 Å². The zero-order chi connectivity index (χ0) is 12.7. The molecule has 0 fully saturated rings. The molecule has 0 saturated carbocycles. The van der Waals surface area contributed by atoms with E-state index >= 15 is 0 Å². The summed E-state index contributed by atoms with van der Waals surface area (Å²) >= 11 is 0. The number of nitrogens with zero attached hydrogens (tertiary/aromatic N) is 1. The lowest BCUT2D eigenvalue weighted by molar-refractivity contribution is -0.384. The molecule has 0 aliphatic carbocycles. The van der Waals surface area contributed by atoms with Gasteiger partial charge in [-0.1, -0.05) is 6.07 Å². The molecule has 0 unspecified atom stereocenters. The second-order valence-electron chi connectivity index (χ2n) is 2.46. The van der Waals surface area contributed by atoms with Crippen LogP contribution >= 0.6 is 0 Å². The summed E-state index contributed by atoms with van der Waals surface area (Å²) in [6.07, 6.45) is 0. The number of nitro groups is 1. The van der Waals surface area contributed by atoms with Crippen molar-refractivity contribution in [1.29, 1.82) is 0 Å². The van der Waals surface area contributed by atoms with Gasteiger partial charge in [0.05, 0.1) is 10.5 Å². The number of non-ortho nitro benzene ring substituents is 1. The van der Waals surface area contributed by atoms with Gasteiger partial charge in [0.25, 0.3) is 5.69 Å². The molecule has 8 nitrogen and oxygen atoms in total. The SMILES string of the molecule is O=C(O)c1cccc([N+](=O)[O-])c1.OB(O)O. The Kier molecular flexibility index (Phi) is 5.71. The summed E-state index contributed by atoms with van der Waals surface area (Å²) in [5.41, 5.74) is -0.292. The maximum absolute atomic E-state index is 10.4. The van der Waals surface area contributed by atoms with E-state index in [1.807, 2.05) is 0 Å². The Morgan fingerprint density at radius 3 is 2.19 bits per heavy atom. The molecular weight excluding hydrogens is 221 g/mol. The van der Waals surface area contributed by atoms with Crippen molar-refractivity contribution in [2.75, 3.05) is 0 Å². The molecule has 0 atom stereocenters. The van der Waals surface area contributed by atoms with E-state index in [4.69, 9.17) is 20.2 Å². The second kappa shape index (κ2) is 6.51. The first-order chi connectivity index (χ1) is 7.34. The van der Waals surface area contributed by atoms with E-state index in [9.17, 15) is 14.9 Å². The van der Waals surface area contributed by atoms with E-state index in [1.165, 1.54) is 18.2 Å². The highest BCUT2D eigenvalue weighted by molar-refractivity contribution is 6.30. The standard InChI is InChI=1S/C7H5NO4.BH3O3/c9-7(10)5-2-1-3-6(4-5)8(11)12;2-1(3)4/h1-4H,(H,9,10);2-4H. The zero-order valence-electron chi connectivity index (χ0n) is 7.85. The summed E-state index contributed by atoms with van der Waals surface area (Å²) in [4.78, 5) is 19.9. The summed E-state index contributed by atoms with van der Waals surface area (Å²) < 4.78 is 0. The number of aromatic carboxylic acids is 1. The lowest BCUT2D eigenvalue weighted by Gasteiger charge is -1.92. The molecule has 1 rings (SSSR count). The average Bonchev–Trinajstić information content (AvgIpc) is 2.17. The van der Waals surface area contributed by atoms with Crippen molar-refractivity contribution < 1.29 is 29.9 Å². The largest absolute Gasteiger partial charge is 0.631 e. The van der Waals surface area contributed by atoms with Crippen LogP contribution in [0.5, 0.6) is 0 Å². The predicted octanol–water partition coefficient (Wildman–Crippen LogP) is -0.759. The van der Waals surface area contributed by atoms with Crippen LogP contribution < -0.4 is 0 Å². The lowest BCUT2D eigenvalue weighted by Crippen LogP contribution is -2.07. The Hall–Kier alpha value is -1.97. The van der Waals surface area contributed by atoms with Gasteiger partial charge >= 0.3 is 13.3 Å². The predicted molar refractivity (Wildman–Crippen MR) is 52.5 cm³/mol. The normalized spacial score (nSPS) is 8.69. The van der Waals surface area contributed by atoms with Gasteiger partial charge in [-0.05, 0) is 6.07 Å². The van der Waals surface area contributed by atoms with Crippen LogP contribution in [0.15, 0.2) is 24.3 Å². The fraction of sp³-hybridized carbons (Fsp3) is 0. The van der Waals surface area contributed by atoms with Crippen molar-refractivity contribution >= 4 is 19.0 Å². The Morgan fingerprint density at radius 2 is 1.81 bits per heavy atom. The number of hydrogen-bond donors (Lipinski definition) is 4. The smallest absolute Gasteiger partial charge is 0.478 e. The van der Waals surface area contributed by atoms with Crippen molar-refractivity contribution in [3.05, 3.63) is 39.9 Å². The van der Waals surface area contributed by atoms with E-state index in [1.54, 1.807) is 0 Å². The van der Waals surface area contributed by atoms with Crippen LogP contribution in [0.4, 0.5) is 5.69 Å². The monoisotopic (exact) mass is 229 g/mol. The number of carbonyl (C=O) groups is 1. The number of carboxylic acids is 1. The summed E-state index contributed by atoms with van der Waals surface area (Å²) in [5.74, 6) is -1.17. The Labute approximate surface area is 89.7 Å². The molecule has 4 N–H and O–H groups in total. The minimum Gasteiger partial charge on any atom is -0.478 e. The van der Waals surface area contributed by atoms with Gasteiger partial charge in [0, 0.05) is 12.1 Å². The fourth-order valence-electron chi connectivity index (χ4n) is 0.753. The number of nitro benzene ring substituents is 1. The third-order valence-electron chi connectivity index (χ3n) is 1.30. The van der Waals surface area contributed by atoms with Crippen molar-refractivity contribution in [2.45, 2.75) is 0 Å². The molecule has 0 heterocycles. The van der Waals surface area contributed by atoms with E-state index in [0.29, 0.717) is 0 Å². The first-order valence-electron chi connectivity index (χ1n) is 3.86. The van der Waals surface area contributed by atoms with Crippen molar-refractivity contribution in [3.8, 4) is 0 Å². The van der Waals surface area contributed by atoms with Crippen molar-refractivity contribution in [2.24, 2.45) is 0 Å². The van der Waals surface area contributed by atoms with Gasteiger partial charge in [-0.15, -0.1) is 0 Å². The third kappa shape index (κ3) is 5.70. The zero-order valence-corrected chi connectivity index (χ0v) is 7.85. The van der Waals surface area contributed by atoms with Crippen molar-refractivity contribution in [1.82, 2.24) is 0 Å². The van der Waals surface area contributed by atoms with E-state index in [-0.39, 0.29) is 11.3 Å². The highest BCUT2D eigenvalue weighted by Gasteiger charge is 2.09. The van der Waals surface area contributed by atoms with Crippen LogP contribution in [0.2, 0.25) is 0 Å². The van der Waals surface area contributed by atoms with Gasteiger partial charge in [0.15, 0.2) is 0 Å². The van der Waals surface area contributed by atoms with Gasteiger partial charge < -0.3 is 20.2 Å². The van der Waals surface area contributed by atoms with Crippen LogP contribution in [-0.4, -0.2) is 38.4 Å². The molecular formula is C7H8BNO7. The summed E-state index contributed by atoms with van der Waals surface area (Å²) in [7, 11) is -2.17. The third-order valence-corrected chi connectivity index (χ3v) is 1.30. The second-order valence-corrected chi connectivity index (χ2v) is 2.46. The maximum atomic E-state index is 10.4. The van der Waals surface area contributed by atoms with Crippen LogP contribution in [0, 0.1) is 10.1 Å². The van der Waals surface area contributed by atoms with E-state index in [2.05, 4.69) is 0 Å². The first-order valence-corrected chi connectivity index (χ1v) is 3.86. The highest BCUT2D eigenvalue weighted by atomic mass is 16.6.